The summed E-state index contributed by atoms with van der Waals surface area (Å²) < 4.78 is 17.6. The summed E-state index contributed by atoms with van der Waals surface area (Å²) in [5.74, 6) is 0.0981. The molecular weight excluding hydrogens is 490 g/mol. The van der Waals surface area contributed by atoms with Crippen LogP contribution in [0.2, 0.25) is 0 Å². The van der Waals surface area contributed by atoms with E-state index >= 15 is 0 Å². The minimum atomic E-state index is -0.505. The van der Waals surface area contributed by atoms with Crippen molar-refractivity contribution in [3.05, 3.63) is 70.9 Å². The molecule has 2 aromatic carbocycles. The normalized spacial score (nSPS) is 23.6. The molecule has 1 heterocycles. The lowest BCUT2D eigenvalue weighted by atomic mass is 9.66. The van der Waals surface area contributed by atoms with Crippen LogP contribution in [0.1, 0.15) is 88.2 Å². The molecule has 2 aromatic rings. The molecule has 3 atom stereocenters. The van der Waals surface area contributed by atoms with Gasteiger partial charge in [0.25, 0.3) is 0 Å². The van der Waals surface area contributed by atoms with Crippen LogP contribution in [0, 0.1) is 5.92 Å². The van der Waals surface area contributed by atoms with Gasteiger partial charge in [-0.15, -0.1) is 0 Å². The molecule has 6 nitrogen and oxygen atoms in total. The maximum Gasteiger partial charge on any atom is 0.336 e. The number of allylic oxidation sites excluding steroid dienone is 1. The Balaban J connectivity index is 1.54. The Kier molecular flexibility index (Phi) is 8.49. The van der Waals surface area contributed by atoms with E-state index in [9.17, 15) is 9.59 Å². The Bertz CT molecular complexity index is 1260. The Hall–Kier alpha value is -3.41. The van der Waals surface area contributed by atoms with E-state index in [1.807, 2.05) is 43.3 Å². The van der Waals surface area contributed by atoms with Gasteiger partial charge in [-0.25, -0.2) is 4.79 Å². The highest BCUT2D eigenvalue weighted by Gasteiger charge is 2.46. The van der Waals surface area contributed by atoms with Crippen LogP contribution in [0.25, 0.3) is 0 Å². The highest BCUT2D eigenvalue weighted by molar-refractivity contribution is 6.12. The zero-order valence-electron chi connectivity index (χ0n) is 23.3. The highest BCUT2D eigenvalue weighted by Crippen LogP contribution is 2.47. The summed E-state index contributed by atoms with van der Waals surface area (Å²) in [4.78, 5) is 32.6. The first-order chi connectivity index (χ1) is 19.0. The number of Topliss-reactive ketones (excluding diaryl/α,β-unsaturated/α-hetero) is 1. The molecule has 2 saturated carbocycles. The summed E-state index contributed by atoms with van der Waals surface area (Å²) in [6.07, 6.45) is 6.99. The van der Waals surface area contributed by atoms with Crippen molar-refractivity contribution in [1.82, 2.24) is 0 Å². The third-order valence-electron chi connectivity index (χ3n) is 8.28. The topological polar surface area (TPSA) is 74.2 Å². The molecule has 0 aromatic heterocycles. The maximum absolute atomic E-state index is 13.9. The highest BCUT2D eigenvalue weighted by atomic mass is 16.5. The van der Waals surface area contributed by atoms with Gasteiger partial charge in [0, 0.05) is 23.7 Å². The Labute approximate surface area is 231 Å². The lowest BCUT2D eigenvalue weighted by molar-refractivity contribution is -0.146. The fourth-order valence-corrected chi connectivity index (χ4v) is 6.37. The van der Waals surface area contributed by atoms with E-state index in [1.165, 1.54) is 6.42 Å². The number of aliphatic imine (C=N–C) groups is 1. The van der Waals surface area contributed by atoms with E-state index in [4.69, 9.17) is 19.2 Å². The summed E-state index contributed by atoms with van der Waals surface area (Å²) in [6.45, 7) is 4.51. The van der Waals surface area contributed by atoms with Crippen LogP contribution in [-0.2, 0) is 14.3 Å². The largest absolute Gasteiger partial charge is 0.493 e. The van der Waals surface area contributed by atoms with Gasteiger partial charge in [0.2, 0.25) is 0 Å². The number of ketones is 1. The van der Waals surface area contributed by atoms with Crippen molar-refractivity contribution in [3.8, 4) is 11.5 Å². The number of esters is 1. The van der Waals surface area contributed by atoms with Crippen LogP contribution in [0.4, 0.5) is 0 Å². The van der Waals surface area contributed by atoms with E-state index in [0.29, 0.717) is 42.2 Å². The van der Waals surface area contributed by atoms with E-state index in [0.717, 1.165) is 48.9 Å². The minimum Gasteiger partial charge on any atom is -0.493 e. The maximum atomic E-state index is 13.9. The second kappa shape index (κ2) is 12.2. The number of nitrogens with zero attached hydrogens (tertiary/aromatic N) is 1. The van der Waals surface area contributed by atoms with Gasteiger partial charge in [0.15, 0.2) is 11.5 Å². The van der Waals surface area contributed by atoms with Crippen LogP contribution < -0.4 is 9.47 Å². The monoisotopic (exact) mass is 529 g/mol. The number of carbonyl (C=O) groups excluding carboxylic acids is 2. The summed E-state index contributed by atoms with van der Waals surface area (Å²) >= 11 is 0. The Morgan fingerprint density at radius 2 is 1.72 bits per heavy atom. The van der Waals surface area contributed by atoms with Crippen molar-refractivity contribution >= 4 is 17.5 Å². The molecule has 3 aliphatic rings. The van der Waals surface area contributed by atoms with E-state index in [2.05, 4.69) is 19.1 Å². The van der Waals surface area contributed by atoms with Crippen molar-refractivity contribution < 1.29 is 23.8 Å². The van der Waals surface area contributed by atoms with Gasteiger partial charge < -0.3 is 14.2 Å². The molecule has 0 amide bonds. The minimum absolute atomic E-state index is 0.0808. The number of benzene rings is 2. The van der Waals surface area contributed by atoms with E-state index < -0.39 is 11.8 Å². The second-order valence-corrected chi connectivity index (χ2v) is 11.0. The molecule has 2 fully saturated rings. The van der Waals surface area contributed by atoms with Crippen molar-refractivity contribution in [3.63, 3.8) is 0 Å². The average molecular weight is 530 g/mol. The number of hydrogen-bond acceptors (Lipinski definition) is 6. The third kappa shape index (κ3) is 5.80. The molecule has 0 radical (unpaired) electrons. The van der Waals surface area contributed by atoms with Crippen molar-refractivity contribution in [2.45, 2.75) is 83.2 Å². The Morgan fingerprint density at radius 3 is 2.44 bits per heavy atom. The molecule has 0 bridgehead atoms. The van der Waals surface area contributed by atoms with Crippen LogP contribution in [0.3, 0.4) is 0 Å². The predicted octanol–water partition coefficient (Wildman–Crippen LogP) is 6.94. The number of hydrogen-bond donors (Lipinski definition) is 0. The van der Waals surface area contributed by atoms with Crippen LogP contribution in [0.15, 0.2) is 64.8 Å². The first kappa shape index (κ1) is 27.2. The van der Waals surface area contributed by atoms with Gasteiger partial charge in [-0.3, -0.25) is 9.79 Å². The van der Waals surface area contributed by atoms with Gasteiger partial charge in [-0.1, -0.05) is 49.7 Å². The molecule has 39 heavy (non-hydrogen) atoms. The molecule has 0 saturated heterocycles. The molecule has 206 valence electrons. The first-order valence-corrected chi connectivity index (χ1v) is 14.4. The summed E-state index contributed by atoms with van der Waals surface area (Å²) in [5.41, 5.74) is 3.97. The average Bonchev–Trinajstić information content (AvgIpc) is 2.96. The zero-order chi connectivity index (χ0) is 27.4. The predicted molar refractivity (Wildman–Crippen MR) is 152 cm³/mol. The molecule has 2 aliphatic carbocycles. The lowest BCUT2D eigenvalue weighted by Gasteiger charge is -2.38. The lowest BCUT2D eigenvalue weighted by Crippen LogP contribution is -2.41. The quantitative estimate of drug-likeness (QED) is 0.347. The Morgan fingerprint density at radius 1 is 0.949 bits per heavy atom. The zero-order valence-corrected chi connectivity index (χ0v) is 23.3. The van der Waals surface area contributed by atoms with Gasteiger partial charge in [-0.05, 0) is 74.6 Å². The SMILES string of the molecule is CCCOc1ccc([C@H]2C(C(=O)OC3CCCCC3)=C(C)N=C3C[C@@H](c4ccccc4)CC(=O)C32)cc1OC. The molecular formula is C33H39NO5. The molecule has 0 spiro atoms. The van der Waals surface area contributed by atoms with Crippen LogP contribution in [-0.4, -0.2) is 37.3 Å². The van der Waals surface area contributed by atoms with E-state index in [1.54, 1.807) is 7.11 Å². The van der Waals surface area contributed by atoms with Gasteiger partial charge >= 0.3 is 5.97 Å². The third-order valence-corrected chi connectivity index (χ3v) is 8.28. The van der Waals surface area contributed by atoms with Crippen LogP contribution >= 0.6 is 0 Å². The number of ether oxygens (including phenoxy) is 3. The molecule has 0 N–H and O–H groups in total. The number of rotatable bonds is 8. The van der Waals surface area contributed by atoms with Crippen LogP contribution in [0.5, 0.6) is 11.5 Å². The first-order valence-electron chi connectivity index (χ1n) is 14.4. The smallest absolute Gasteiger partial charge is 0.336 e. The van der Waals surface area contributed by atoms with Crippen molar-refractivity contribution in [2.24, 2.45) is 10.9 Å². The van der Waals surface area contributed by atoms with Gasteiger partial charge in [0.05, 0.1) is 25.2 Å². The number of fused-ring (bicyclic) bond motifs is 1. The second-order valence-electron chi connectivity index (χ2n) is 11.0. The standard InChI is InChI=1S/C33H39NO5/c1-4-17-38-28-16-15-23(20-29(28)37-3)31-30(33(36)39-25-13-9-6-10-14-25)21(2)34-26-18-24(19-27(35)32(26)31)22-11-7-5-8-12-22/h5,7-8,11-12,15-16,20,24-25,31-32H,4,6,9-10,13-14,17-19H2,1-3H3/t24-,31+,32?/m1/s1. The summed E-state index contributed by atoms with van der Waals surface area (Å²) in [7, 11) is 1.61. The molecule has 1 aliphatic heterocycles. The number of methoxy groups -OCH3 is 1. The molecule has 5 rings (SSSR count). The van der Waals surface area contributed by atoms with Gasteiger partial charge in [-0.2, -0.15) is 0 Å². The van der Waals surface area contributed by atoms with Gasteiger partial charge in [0.1, 0.15) is 11.9 Å². The fraction of sp³-hybridized carbons (Fsp3) is 0.485. The molecule has 6 heteroatoms. The number of carbonyl (C=O) groups is 2. The van der Waals surface area contributed by atoms with Crippen molar-refractivity contribution in [1.29, 1.82) is 0 Å². The van der Waals surface area contributed by atoms with E-state index in [-0.39, 0.29) is 23.8 Å². The van der Waals surface area contributed by atoms with Crippen molar-refractivity contribution in [2.75, 3.05) is 13.7 Å². The fourth-order valence-electron chi connectivity index (χ4n) is 6.37. The summed E-state index contributed by atoms with van der Waals surface area (Å²) in [5, 5.41) is 0. The summed E-state index contributed by atoms with van der Waals surface area (Å²) in [6, 6.07) is 15.9. The molecule has 1 unspecified atom stereocenters.